The predicted octanol–water partition coefficient (Wildman–Crippen LogP) is 3.65. The molecule has 6 nitrogen and oxygen atoms in total. The third-order valence-corrected chi connectivity index (χ3v) is 3.60. The van der Waals surface area contributed by atoms with Crippen LogP contribution in [0.15, 0.2) is 60.9 Å². The molecule has 24 heavy (non-hydrogen) atoms. The number of aromatic nitrogens is 2. The van der Waals surface area contributed by atoms with Gasteiger partial charge in [-0.1, -0.05) is 12.1 Å². The van der Waals surface area contributed by atoms with Crippen molar-refractivity contribution in [2.75, 3.05) is 7.11 Å². The second kappa shape index (κ2) is 6.87. The normalized spacial score (nSPS) is 10.4. The summed E-state index contributed by atoms with van der Waals surface area (Å²) in [5.41, 5.74) is 3.21. The first kappa shape index (κ1) is 15.6. The van der Waals surface area contributed by atoms with E-state index in [2.05, 4.69) is 9.97 Å². The number of hydrogen-bond donors (Lipinski definition) is 0. The van der Waals surface area contributed by atoms with Gasteiger partial charge in [-0.2, -0.15) is 0 Å². The second-order valence-electron chi connectivity index (χ2n) is 5.19. The van der Waals surface area contributed by atoms with E-state index in [0.717, 1.165) is 11.3 Å². The average molecular weight is 320 g/mol. The molecule has 0 unspecified atom stereocenters. The molecule has 0 aliphatic carbocycles. The van der Waals surface area contributed by atoms with Gasteiger partial charge in [0.25, 0.3) is 5.69 Å². The van der Waals surface area contributed by atoms with E-state index in [1.54, 1.807) is 31.6 Å². The number of rotatable bonds is 5. The molecule has 0 N–H and O–H groups in total. The smallest absolute Gasteiger partial charge is 0.270 e. The highest BCUT2D eigenvalue weighted by molar-refractivity contribution is 5.68. The summed E-state index contributed by atoms with van der Waals surface area (Å²) in [6.45, 7) is 0. The van der Waals surface area contributed by atoms with Gasteiger partial charge in [-0.05, 0) is 29.8 Å². The first-order valence-electron chi connectivity index (χ1n) is 7.35. The van der Waals surface area contributed by atoms with Crippen LogP contribution in [0, 0.1) is 10.1 Å². The van der Waals surface area contributed by atoms with E-state index in [1.165, 1.54) is 12.1 Å². The Labute approximate surface area is 138 Å². The molecule has 0 amide bonds. The number of non-ortho nitro benzene ring substituents is 1. The minimum absolute atomic E-state index is 0.0240. The number of nitro benzene ring substituents is 1. The van der Waals surface area contributed by atoms with E-state index in [4.69, 9.17) is 4.74 Å². The van der Waals surface area contributed by atoms with Crippen LogP contribution in [0.1, 0.15) is 11.3 Å². The van der Waals surface area contributed by atoms with Crippen molar-refractivity contribution in [3.05, 3.63) is 82.3 Å². The second-order valence-corrected chi connectivity index (χ2v) is 5.19. The van der Waals surface area contributed by atoms with Crippen molar-refractivity contribution in [3.63, 3.8) is 0 Å². The van der Waals surface area contributed by atoms with Crippen molar-refractivity contribution in [3.8, 4) is 17.0 Å². The van der Waals surface area contributed by atoms with Crippen molar-refractivity contribution in [2.45, 2.75) is 6.42 Å². The van der Waals surface area contributed by atoms with Crippen molar-refractivity contribution in [1.82, 2.24) is 9.97 Å². The van der Waals surface area contributed by atoms with Crippen molar-refractivity contribution < 1.29 is 9.66 Å². The Bertz CT molecular complexity index is 866. The van der Waals surface area contributed by atoms with Crippen LogP contribution in [0.4, 0.5) is 5.69 Å². The fraction of sp³-hybridized carbons (Fsp3) is 0.111. The molecule has 0 fully saturated rings. The minimum atomic E-state index is -0.420. The van der Waals surface area contributed by atoms with Crippen LogP contribution in [0.5, 0.6) is 5.75 Å². The monoisotopic (exact) mass is 320 g/mol. The first-order chi connectivity index (χ1) is 11.7. The molecular weight excluding hydrogens is 305 g/mol. The average Bonchev–Trinajstić information content (AvgIpc) is 2.62. The predicted molar refractivity (Wildman–Crippen MR) is 89.9 cm³/mol. The molecule has 0 atom stereocenters. The SMILES string of the molecule is [11CH3]Oc1ccc(Cc2ccncc2)nc1-c1cccc([N+](=O)[O-])c1. The Morgan fingerprint density at radius 2 is 1.92 bits per heavy atom. The molecule has 0 aliphatic rings. The summed E-state index contributed by atoms with van der Waals surface area (Å²) in [7, 11) is 1.56. The molecule has 120 valence electrons. The maximum absolute atomic E-state index is 11.0. The number of benzene rings is 1. The van der Waals surface area contributed by atoms with Gasteiger partial charge in [0, 0.05) is 42.2 Å². The van der Waals surface area contributed by atoms with Crippen LogP contribution in [0.25, 0.3) is 11.3 Å². The molecule has 6 heteroatoms. The third-order valence-electron chi connectivity index (χ3n) is 3.60. The van der Waals surface area contributed by atoms with E-state index >= 15 is 0 Å². The molecule has 0 saturated carbocycles. The Balaban J connectivity index is 2.01. The lowest BCUT2D eigenvalue weighted by Gasteiger charge is -2.10. The molecule has 3 aromatic rings. The maximum Gasteiger partial charge on any atom is 0.270 e. The van der Waals surface area contributed by atoms with Crippen molar-refractivity contribution in [2.24, 2.45) is 0 Å². The summed E-state index contributed by atoms with van der Waals surface area (Å²) >= 11 is 0. The quantitative estimate of drug-likeness (QED) is 0.529. The van der Waals surface area contributed by atoms with Gasteiger partial charge in [0.15, 0.2) is 0 Å². The number of nitro groups is 1. The van der Waals surface area contributed by atoms with Gasteiger partial charge in [0.2, 0.25) is 0 Å². The summed E-state index contributed by atoms with van der Waals surface area (Å²) in [6.07, 6.45) is 4.12. The maximum atomic E-state index is 11.0. The highest BCUT2D eigenvalue weighted by Gasteiger charge is 2.13. The van der Waals surface area contributed by atoms with E-state index in [9.17, 15) is 10.1 Å². The molecule has 1 aromatic carbocycles. The topological polar surface area (TPSA) is 78.2 Å². The summed E-state index contributed by atoms with van der Waals surface area (Å²) in [5, 5.41) is 11.0. The van der Waals surface area contributed by atoms with E-state index in [-0.39, 0.29) is 5.69 Å². The fourth-order valence-corrected chi connectivity index (χ4v) is 2.43. The molecule has 0 spiro atoms. The van der Waals surface area contributed by atoms with Gasteiger partial charge in [0.1, 0.15) is 11.4 Å². The van der Waals surface area contributed by atoms with Gasteiger partial charge in [0.05, 0.1) is 12.0 Å². The van der Waals surface area contributed by atoms with Gasteiger partial charge in [-0.25, -0.2) is 4.98 Å². The van der Waals surface area contributed by atoms with Crippen LogP contribution in [-0.4, -0.2) is 22.0 Å². The molecule has 2 heterocycles. The van der Waals surface area contributed by atoms with Crippen molar-refractivity contribution in [1.29, 1.82) is 0 Å². The fourth-order valence-electron chi connectivity index (χ4n) is 2.43. The minimum Gasteiger partial charge on any atom is -0.494 e. The highest BCUT2D eigenvalue weighted by atomic mass is 16.6. The van der Waals surface area contributed by atoms with E-state index in [0.29, 0.717) is 23.4 Å². The number of ether oxygens (including phenoxy) is 1. The number of nitrogens with zero attached hydrogens (tertiary/aromatic N) is 3. The number of methoxy groups -OCH3 is 1. The zero-order valence-corrected chi connectivity index (χ0v) is 13.0. The molecule has 3 rings (SSSR count). The summed E-state index contributed by atoms with van der Waals surface area (Å²) in [4.78, 5) is 19.2. The third kappa shape index (κ3) is 3.38. The van der Waals surface area contributed by atoms with Gasteiger partial charge >= 0.3 is 0 Å². The molecular formula is C18H15N3O3. The Hall–Kier alpha value is -3.28. The first-order valence-corrected chi connectivity index (χ1v) is 7.35. The molecule has 0 aliphatic heterocycles. The summed E-state index contributed by atoms with van der Waals surface area (Å²) in [6, 6.07) is 14.0. The van der Waals surface area contributed by atoms with Crippen LogP contribution < -0.4 is 4.74 Å². The summed E-state index contributed by atoms with van der Waals surface area (Å²) < 4.78 is 5.36. The molecule has 2 aromatic heterocycles. The molecule has 0 radical (unpaired) electrons. The lowest BCUT2D eigenvalue weighted by Crippen LogP contribution is -1.98. The lowest BCUT2D eigenvalue weighted by atomic mass is 10.1. The summed E-state index contributed by atoms with van der Waals surface area (Å²) in [5.74, 6) is 0.578. The van der Waals surface area contributed by atoms with E-state index in [1.807, 2.05) is 24.3 Å². The van der Waals surface area contributed by atoms with Gasteiger partial charge < -0.3 is 4.74 Å². The van der Waals surface area contributed by atoms with Crippen molar-refractivity contribution >= 4 is 5.69 Å². The van der Waals surface area contributed by atoms with Crippen LogP contribution in [0.2, 0.25) is 0 Å². The van der Waals surface area contributed by atoms with Gasteiger partial charge in [-0.15, -0.1) is 0 Å². The Morgan fingerprint density at radius 1 is 1.12 bits per heavy atom. The molecule has 0 saturated heterocycles. The number of pyridine rings is 2. The Morgan fingerprint density at radius 3 is 2.62 bits per heavy atom. The van der Waals surface area contributed by atoms with Gasteiger partial charge in [-0.3, -0.25) is 15.1 Å². The zero-order chi connectivity index (χ0) is 16.9. The Kier molecular flexibility index (Phi) is 4.47. The zero-order valence-electron chi connectivity index (χ0n) is 13.0. The van der Waals surface area contributed by atoms with Crippen LogP contribution in [-0.2, 0) is 6.42 Å². The highest BCUT2D eigenvalue weighted by Crippen LogP contribution is 2.30. The van der Waals surface area contributed by atoms with Crippen LogP contribution in [0.3, 0.4) is 0 Å². The lowest BCUT2D eigenvalue weighted by molar-refractivity contribution is -0.384. The standard InChI is InChI=1S/C18H15N3O3/c1-24-17-6-5-15(11-13-7-9-19-10-8-13)20-18(17)14-3-2-4-16(12-14)21(22)23/h2-10,12H,11H2,1H3/i1-1. The molecule has 0 bridgehead atoms. The van der Waals surface area contributed by atoms with Crippen LogP contribution >= 0.6 is 0 Å². The van der Waals surface area contributed by atoms with E-state index < -0.39 is 4.92 Å². The largest absolute Gasteiger partial charge is 0.494 e. The number of hydrogen-bond acceptors (Lipinski definition) is 5.